The van der Waals surface area contributed by atoms with Gasteiger partial charge in [0.1, 0.15) is 4.90 Å². The Morgan fingerprint density at radius 1 is 1.19 bits per heavy atom. The van der Waals surface area contributed by atoms with Gasteiger partial charge in [-0.2, -0.15) is 8.42 Å². The standard InChI is InChI=1S/C14H12ClNO4S/c1-9-6-7-11(15)12(8-9)16-14(17)10-4-2-3-5-13(10)21(18,19)20/h2-8H,1H3,(H,16,17)(H,18,19,20). The predicted octanol–water partition coefficient (Wildman–Crippen LogP) is 3.15. The quantitative estimate of drug-likeness (QED) is 0.849. The van der Waals surface area contributed by atoms with Crippen LogP contribution >= 0.6 is 11.6 Å². The fourth-order valence-electron chi connectivity index (χ4n) is 1.80. The molecule has 0 aliphatic carbocycles. The summed E-state index contributed by atoms with van der Waals surface area (Å²) in [7, 11) is -4.48. The highest BCUT2D eigenvalue weighted by Gasteiger charge is 2.20. The monoisotopic (exact) mass is 325 g/mol. The summed E-state index contributed by atoms with van der Waals surface area (Å²) in [6, 6.07) is 10.5. The molecule has 0 aromatic heterocycles. The van der Waals surface area contributed by atoms with Gasteiger partial charge in [0.25, 0.3) is 16.0 Å². The molecule has 0 unspecified atom stereocenters. The number of amides is 1. The molecule has 0 aliphatic heterocycles. The molecule has 2 rings (SSSR count). The van der Waals surface area contributed by atoms with Crippen LogP contribution in [0, 0.1) is 6.92 Å². The Kier molecular flexibility index (Phi) is 4.32. The van der Waals surface area contributed by atoms with Crippen LogP contribution in [-0.4, -0.2) is 18.9 Å². The molecule has 0 heterocycles. The summed E-state index contributed by atoms with van der Waals surface area (Å²) < 4.78 is 31.7. The van der Waals surface area contributed by atoms with Gasteiger partial charge in [0.15, 0.2) is 0 Å². The third-order valence-electron chi connectivity index (χ3n) is 2.78. The topological polar surface area (TPSA) is 83.5 Å². The first kappa shape index (κ1) is 15.5. The van der Waals surface area contributed by atoms with Gasteiger partial charge < -0.3 is 5.32 Å². The van der Waals surface area contributed by atoms with Crippen molar-refractivity contribution in [3.05, 3.63) is 58.6 Å². The number of aryl methyl sites for hydroxylation is 1. The minimum atomic E-state index is -4.48. The number of halogens is 1. The molecular weight excluding hydrogens is 314 g/mol. The van der Waals surface area contributed by atoms with Crippen LogP contribution in [0.4, 0.5) is 5.69 Å². The van der Waals surface area contributed by atoms with Gasteiger partial charge in [0.2, 0.25) is 0 Å². The van der Waals surface area contributed by atoms with E-state index in [2.05, 4.69) is 5.32 Å². The summed E-state index contributed by atoms with van der Waals surface area (Å²) in [5, 5.41) is 2.87. The van der Waals surface area contributed by atoms with Gasteiger partial charge in [-0.1, -0.05) is 29.8 Å². The molecular formula is C14H12ClNO4S. The van der Waals surface area contributed by atoms with Crippen molar-refractivity contribution in [2.45, 2.75) is 11.8 Å². The first-order chi connectivity index (χ1) is 9.79. The summed E-state index contributed by atoms with van der Waals surface area (Å²) in [6.07, 6.45) is 0. The van der Waals surface area contributed by atoms with Crippen molar-refractivity contribution in [1.82, 2.24) is 0 Å². The van der Waals surface area contributed by atoms with E-state index < -0.39 is 20.9 Å². The lowest BCUT2D eigenvalue weighted by Crippen LogP contribution is -2.16. The SMILES string of the molecule is Cc1ccc(Cl)c(NC(=O)c2ccccc2S(=O)(=O)O)c1. The Bertz CT molecular complexity index is 802. The van der Waals surface area contributed by atoms with Crippen LogP contribution in [0.1, 0.15) is 15.9 Å². The van der Waals surface area contributed by atoms with Gasteiger partial charge in [-0.15, -0.1) is 0 Å². The van der Waals surface area contributed by atoms with Crippen molar-refractivity contribution >= 4 is 33.3 Å². The van der Waals surface area contributed by atoms with Crippen LogP contribution in [0.5, 0.6) is 0 Å². The predicted molar refractivity (Wildman–Crippen MR) is 80.4 cm³/mol. The van der Waals surface area contributed by atoms with Gasteiger partial charge in [0.05, 0.1) is 16.3 Å². The molecule has 0 saturated heterocycles. The summed E-state index contributed by atoms with van der Waals surface area (Å²) in [4.78, 5) is 11.7. The lowest BCUT2D eigenvalue weighted by molar-refractivity contribution is 0.102. The first-order valence-corrected chi connectivity index (χ1v) is 7.75. The molecule has 1 amide bonds. The van der Waals surface area contributed by atoms with Crippen LogP contribution in [0.25, 0.3) is 0 Å². The highest BCUT2D eigenvalue weighted by Crippen LogP contribution is 2.24. The summed E-state index contributed by atoms with van der Waals surface area (Å²) in [5.74, 6) is -0.671. The van der Waals surface area contributed by atoms with Crippen molar-refractivity contribution in [2.24, 2.45) is 0 Å². The summed E-state index contributed by atoms with van der Waals surface area (Å²) >= 11 is 5.98. The molecule has 2 N–H and O–H groups in total. The highest BCUT2D eigenvalue weighted by molar-refractivity contribution is 7.86. The smallest absolute Gasteiger partial charge is 0.295 e. The molecule has 0 bridgehead atoms. The summed E-state index contributed by atoms with van der Waals surface area (Å²) in [6.45, 7) is 1.83. The Labute approximate surface area is 127 Å². The number of anilines is 1. The van der Waals surface area contributed by atoms with Crippen molar-refractivity contribution in [3.63, 3.8) is 0 Å². The maximum absolute atomic E-state index is 12.2. The Hall–Kier alpha value is -1.89. The molecule has 0 atom stereocenters. The maximum atomic E-state index is 12.2. The van der Waals surface area contributed by atoms with Crippen molar-refractivity contribution < 1.29 is 17.8 Å². The number of hydrogen-bond acceptors (Lipinski definition) is 3. The van der Waals surface area contributed by atoms with E-state index in [1.165, 1.54) is 18.2 Å². The normalized spacial score (nSPS) is 11.2. The van der Waals surface area contributed by atoms with Crippen molar-refractivity contribution in [3.8, 4) is 0 Å². The van der Waals surface area contributed by atoms with Crippen LogP contribution in [0.2, 0.25) is 5.02 Å². The third-order valence-corrected chi connectivity index (χ3v) is 4.02. The lowest BCUT2D eigenvalue weighted by atomic mass is 10.2. The van der Waals surface area contributed by atoms with Crippen molar-refractivity contribution in [1.29, 1.82) is 0 Å². The number of hydrogen-bond donors (Lipinski definition) is 2. The van der Waals surface area contributed by atoms with Crippen molar-refractivity contribution in [2.75, 3.05) is 5.32 Å². The van der Waals surface area contributed by atoms with E-state index in [-0.39, 0.29) is 5.56 Å². The number of benzene rings is 2. The minimum Gasteiger partial charge on any atom is -0.321 e. The van der Waals surface area contributed by atoms with E-state index in [4.69, 9.17) is 16.2 Å². The minimum absolute atomic E-state index is 0.155. The van der Waals surface area contributed by atoms with E-state index >= 15 is 0 Å². The van der Waals surface area contributed by atoms with Crippen LogP contribution in [0.3, 0.4) is 0 Å². The molecule has 2 aromatic rings. The van der Waals surface area contributed by atoms with Gasteiger partial charge in [-0.25, -0.2) is 0 Å². The Balaban J connectivity index is 2.40. The Morgan fingerprint density at radius 2 is 1.86 bits per heavy atom. The fraction of sp³-hybridized carbons (Fsp3) is 0.0714. The molecule has 0 spiro atoms. The molecule has 0 saturated carbocycles. The highest BCUT2D eigenvalue weighted by atomic mass is 35.5. The van der Waals surface area contributed by atoms with E-state index in [1.54, 1.807) is 18.2 Å². The molecule has 110 valence electrons. The van der Waals surface area contributed by atoms with Crippen LogP contribution < -0.4 is 5.32 Å². The second-order valence-electron chi connectivity index (χ2n) is 4.41. The molecule has 0 fully saturated rings. The van der Waals surface area contributed by atoms with Gasteiger partial charge in [-0.3, -0.25) is 9.35 Å². The second kappa shape index (κ2) is 5.85. The zero-order chi connectivity index (χ0) is 15.6. The number of nitrogens with one attached hydrogen (secondary N) is 1. The zero-order valence-electron chi connectivity index (χ0n) is 11.0. The number of carbonyl (C=O) groups is 1. The molecule has 5 nitrogen and oxygen atoms in total. The largest absolute Gasteiger partial charge is 0.321 e. The number of rotatable bonds is 3. The van der Waals surface area contributed by atoms with Gasteiger partial charge in [-0.05, 0) is 36.8 Å². The second-order valence-corrected chi connectivity index (χ2v) is 6.21. The Morgan fingerprint density at radius 3 is 2.52 bits per heavy atom. The molecule has 0 aliphatic rings. The fourth-order valence-corrected chi connectivity index (χ4v) is 2.66. The lowest BCUT2D eigenvalue weighted by Gasteiger charge is -2.10. The average Bonchev–Trinajstić information content (AvgIpc) is 2.42. The maximum Gasteiger partial charge on any atom is 0.295 e. The third kappa shape index (κ3) is 3.60. The summed E-state index contributed by atoms with van der Waals surface area (Å²) in [5.41, 5.74) is 1.10. The average molecular weight is 326 g/mol. The number of carbonyl (C=O) groups excluding carboxylic acids is 1. The first-order valence-electron chi connectivity index (χ1n) is 5.93. The van der Waals surface area contributed by atoms with E-state index in [1.807, 2.05) is 6.92 Å². The zero-order valence-corrected chi connectivity index (χ0v) is 12.6. The van der Waals surface area contributed by atoms with Crippen LogP contribution in [0.15, 0.2) is 47.4 Å². The van der Waals surface area contributed by atoms with Gasteiger partial charge >= 0.3 is 0 Å². The molecule has 21 heavy (non-hydrogen) atoms. The van der Waals surface area contributed by atoms with Gasteiger partial charge in [0, 0.05) is 0 Å². The van der Waals surface area contributed by atoms with E-state index in [9.17, 15) is 13.2 Å². The van der Waals surface area contributed by atoms with E-state index in [0.717, 1.165) is 11.6 Å². The molecule has 0 radical (unpaired) electrons. The molecule has 2 aromatic carbocycles. The molecule has 7 heteroatoms. The van der Waals surface area contributed by atoms with Crippen LogP contribution in [-0.2, 0) is 10.1 Å². The van der Waals surface area contributed by atoms with E-state index in [0.29, 0.717) is 10.7 Å².